The highest BCUT2D eigenvalue weighted by Crippen LogP contribution is 2.35. The number of nitrogens with two attached hydrogens (primary N) is 1. The fourth-order valence-electron chi connectivity index (χ4n) is 4.69. The normalized spacial score (nSPS) is 12.8. The Kier molecular flexibility index (Phi) is 8.28. The molecule has 2 amide bonds. The average molecular weight is 532 g/mol. The summed E-state index contributed by atoms with van der Waals surface area (Å²) < 4.78 is 16.9. The van der Waals surface area contributed by atoms with Gasteiger partial charge in [-0.15, -0.1) is 0 Å². The number of carbonyl (C=O) groups is 2. The summed E-state index contributed by atoms with van der Waals surface area (Å²) in [5, 5.41) is 1.13. The van der Waals surface area contributed by atoms with E-state index in [2.05, 4.69) is 4.99 Å². The van der Waals surface area contributed by atoms with Crippen molar-refractivity contribution < 1.29 is 14.0 Å². The van der Waals surface area contributed by atoms with Crippen molar-refractivity contribution in [1.82, 2.24) is 14.4 Å². The molecule has 0 radical (unpaired) electrons. The summed E-state index contributed by atoms with van der Waals surface area (Å²) in [6.07, 6.45) is 4.94. The number of pyridine rings is 1. The standard InChI is InChI=1S/C30H34FN5O3/c1-5-10-35(11-6-2)29(38)22-14-24-25(31)15-21(16-26(24)33-27(32)17-22)19-7-8-23-20(13-19)9-12-36(30(23)39)18-28(37)34(3)4/h7-9,12-16H,5-6,10-11,17-18H2,1-4H3,(H2,32,33). The Morgan fingerprint density at radius 2 is 1.77 bits per heavy atom. The summed E-state index contributed by atoms with van der Waals surface area (Å²) in [5.74, 6) is -0.609. The lowest BCUT2D eigenvalue weighted by Gasteiger charge is -2.22. The first-order chi connectivity index (χ1) is 18.6. The maximum Gasteiger partial charge on any atom is 0.258 e. The van der Waals surface area contributed by atoms with Crippen molar-refractivity contribution in [3.63, 3.8) is 0 Å². The summed E-state index contributed by atoms with van der Waals surface area (Å²) in [4.78, 5) is 45.9. The molecule has 0 atom stereocenters. The van der Waals surface area contributed by atoms with Crippen molar-refractivity contribution in [2.24, 2.45) is 10.7 Å². The molecule has 0 bridgehead atoms. The smallest absolute Gasteiger partial charge is 0.258 e. The van der Waals surface area contributed by atoms with Gasteiger partial charge in [0.25, 0.3) is 5.56 Å². The van der Waals surface area contributed by atoms with E-state index in [4.69, 9.17) is 5.73 Å². The monoisotopic (exact) mass is 531 g/mol. The molecule has 0 fully saturated rings. The summed E-state index contributed by atoms with van der Waals surface area (Å²) in [5.41, 5.74) is 8.15. The lowest BCUT2D eigenvalue weighted by molar-refractivity contribution is -0.129. The first-order valence-electron chi connectivity index (χ1n) is 13.1. The molecular weight excluding hydrogens is 497 g/mol. The van der Waals surface area contributed by atoms with Gasteiger partial charge >= 0.3 is 0 Å². The van der Waals surface area contributed by atoms with Gasteiger partial charge in [-0.3, -0.25) is 14.4 Å². The molecular formula is C30H34FN5O3. The summed E-state index contributed by atoms with van der Waals surface area (Å²) >= 11 is 0. The second-order valence-electron chi connectivity index (χ2n) is 9.97. The van der Waals surface area contributed by atoms with Crippen LogP contribution < -0.4 is 11.3 Å². The largest absolute Gasteiger partial charge is 0.387 e. The third-order valence-corrected chi connectivity index (χ3v) is 6.73. The number of hydrogen-bond acceptors (Lipinski definition) is 5. The molecule has 8 nitrogen and oxygen atoms in total. The molecule has 1 aromatic heterocycles. The van der Waals surface area contributed by atoms with E-state index < -0.39 is 5.82 Å². The van der Waals surface area contributed by atoms with Crippen LogP contribution in [-0.2, 0) is 16.1 Å². The van der Waals surface area contributed by atoms with Crippen LogP contribution in [0.3, 0.4) is 0 Å². The van der Waals surface area contributed by atoms with Crippen LogP contribution in [0.4, 0.5) is 10.1 Å². The van der Waals surface area contributed by atoms with E-state index in [0.29, 0.717) is 46.2 Å². The van der Waals surface area contributed by atoms with E-state index in [1.165, 1.54) is 15.5 Å². The maximum atomic E-state index is 15.5. The third kappa shape index (κ3) is 5.92. The molecule has 1 aliphatic heterocycles. The van der Waals surface area contributed by atoms with Gasteiger partial charge in [0.1, 0.15) is 18.2 Å². The number of hydrogen-bond donors (Lipinski definition) is 1. The highest BCUT2D eigenvalue weighted by molar-refractivity contribution is 6.05. The van der Waals surface area contributed by atoms with Crippen LogP contribution in [0, 0.1) is 5.82 Å². The van der Waals surface area contributed by atoms with Gasteiger partial charge in [-0.25, -0.2) is 9.38 Å². The molecule has 2 N–H and O–H groups in total. The molecule has 204 valence electrons. The molecule has 2 aromatic carbocycles. The van der Waals surface area contributed by atoms with E-state index >= 15 is 4.39 Å². The lowest BCUT2D eigenvalue weighted by atomic mass is 9.98. The number of nitrogens with zero attached hydrogens (tertiary/aromatic N) is 4. The number of aromatic nitrogens is 1. The first-order valence-corrected chi connectivity index (χ1v) is 13.1. The van der Waals surface area contributed by atoms with Crippen molar-refractivity contribution >= 4 is 40.2 Å². The molecule has 2 heterocycles. The van der Waals surface area contributed by atoms with Gasteiger partial charge in [0.2, 0.25) is 11.8 Å². The average Bonchev–Trinajstić information content (AvgIpc) is 3.07. The van der Waals surface area contributed by atoms with Crippen molar-refractivity contribution in [2.75, 3.05) is 27.2 Å². The van der Waals surface area contributed by atoms with Gasteiger partial charge in [0.15, 0.2) is 0 Å². The number of rotatable bonds is 8. The zero-order valence-electron chi connectivity index (χ0n) is 22.8. The second-order valence-corrected chi connectivity index (χ2v) is 9.97. The highest BCUT2D eigenvalue weighted by atomic mass is 19.1. The van der Waals surface area contributed by atoms with Crippen LogP contribution in [0.15, 0.2) is 58.0 Å². The predicted molar refractivity (Wildman–Crippen MR) is 153 cm³/mol. The molecule has 0 saturated carbocycles. The van der Waals surface area contributed by atoms with Crippen LogP contribution in [0.2, 0.25) is 0 Å². The zero-order valence-corrected chi connectivity index (χ0v) is 22.8. The Labute approximate surface area is 227 Å². The van der Waals surface area contributed by atoms with Crippen molar-refractivity contribution in [3.05, 3.63) is 69.9 Å². The Bertz CT molecular complexity index is 1550. The molecule has 0 spiro atoms. The highest BCUT2D eigenvalue weighted by Gasteiger charge is 2.23. The lowest BCUT2D eigenvalue weighted by Crippen LogP contribution is -2.34. The zero-order chi connectivity index (χ0) is 28.3. The first kappa shape index (κ1) is 27.8. The predicted octanol–water partition coefficient (Wildman–Crippen LogP) is 4.32. The topological polar surface area (TPSA) is 101 Å². The Morgan fingerprint density at radius 3 is 2.44 bits per heavy atom. The van der Waals surface area contributed by atoms with Crippen LogP contribution in [-0.4, -0.2) is 59.2 Å². The van der Waals surface area contributed by atoms with E-state index in [-0.39, 0.29) is 41.7 Å². The van der Waals surface area contributed by atoms with Gasteiger partial charge in [-0.2, -0.15) is 0 Å². The number of likely N-dealkylation sites (N-methyl/N-ethyl adjacent to an activating group) is 1. The molecule has 0 aliphatic carbocycles. The van der Waals surface area contributed by atoms with E-state index in [1.807, 2.05) is 13.8 Å². The number of amides is 2. The quantitative estimate of drug-likeness (QED) is 0.468. The van der Waals surface area contributed by atoms with Gasteiger partial charge in [-0.1, -0.05) is 19.9 Å². The molecule has 0 unspecified atom stereocenters. The fraction of sp³-hybridized carbons (Fsp3) is 0.333. The number of halogens is 1. The fourth-order valence-corrected chi connectivity index (χ4v) is 4.69. The second kappa shape index (κ2) is 11.6. The number of benzene rings is 2. The van der Waals surface area contributed by atoms with Gasteiger partial charge in [0.05, 0.1) is 5.69 Å². The summed E-state index contributed by atoms with van der Waals surface area (Å²) in [7, 11) is 3.28. The van der Waals surface area contributed by atoms with E-state index in [0.717, 1.165) is 12.8 Å². The number of carbonyl (C=O) groups excluding carboxylic acids is 2. The molecule has 3 aromatic rings. The van der Waals surface area contributed by atoms with Crippen molar-refractivity contribution in [1.29, 1.82) is 0 Å². The Morgan fingerprint density at radius 1 is 1.05 bits per heavy atom. The summed E-state index contributed by atoms with van der Waals surface area (Å²) in [6, 6.07) is 10.1. The van der Waals surface area contributed by atoms with Crippen LogP contribution in [0.5, 0.6) is 0 Å². The number of aliphatic imine (C=N–C) groups is 1. The Balaban J connectivity index is 1.72. The van der Waals surface area contributed by atoms with Gasteiger partial charge in [-0.05, 0) is 65.8 Å². The maximum absolute atomic E-state index is 15.5. The molecule has 4 rings (SSSR count). The molecule has 1 aliphatic rings. The van der Waals surface area contributed by atoms with Gasteiger partial charge in [0, 0.05) is 56.3 Å². The number of amidine groups is 1. The molecule has 0 saturated heterocycles. The molecule has 39 heavy (non-hydrogen) atoms. The minimum atomic E-state index is -0.513. The van der Waals surface area contributed by atoms with Crippen LogP contribution >= 0.6 is 0 Å². The summed E-state index contributed by atoms with van der Waals surface area (Å²) in [6.45, 7) is 5.21. The Hall–Kier alpha value is -4.27. The van der Waals surface area contributed by atoms with Crippen molar-refractivity contribution in [3.8, 4) is 11.1 Å². The minimum Gasteiger partial charge on any atom is -0.387 e. The van der Waals surface area contributed by atoms with E-state index in [9.17, 15) is 14.4 Å². The molecule has 9 heteroatoms. The van der Waals surface area contributed by atoms with Gasteiger partial charge < -0.3 is 20.1 Å². The van der Waals surface area contributed by atoms with E-state index in [1.54, 1.807) is 61.6 Å². The number of fused-ring (bicyclic) bond motifs is 2. The SMILES string of the molecule is CCCN(CCC)C(=O)C1=Cc2c(F)cc(-c3ccc4c(=O)n(CC(=O)N(C)C)ccc4c3)cc2N=C(N)C1. The minimum absolute atomic E-state index is 0.0500. The van der Waals surface area contributed by atoms with Crippen LogP contribution in [0.1, 0.15) is 38.7 Å². The van der Waals surface area contributed by atoms with Crippen molar-refractivity contribution in [2.45, 2.75) is 39.7 Å². The van der Waals surface area contributed by atoms with Crippen LogP contribution in [0.25, 0.3) is 28.0 Å². The third-order valence-electron chi connectivity index (χ3n) is 6.73.